The van der Waals surface area contributed by atoms with E-state index >= 15 is 0 Å². The van der Waals surface area contributed by atoms with Gasteiger partial charge in [-0.05, 0) is 30.2 Å². The van der Waals surface area contributed by atoms with E-state index < -0.39 is 0 Å². The lowest BCUT2D eigenvalue weighted by molar-refractivity contribution is -0.121. The lowest BCUT2D eigenvalue weighted by Gasteiger charge is -2.06. The maximum absolute atomic E-state index is 12.2. The second-order valence-electron chi connectivity index (χ2n) is 6.04. The number of nitrogens with zero attached hydrogens (tertiary/aromatic N) is 2. The first-order valence-corrected chi connectivity index (χ1v) is 10.00. The van der Waals surface area contributed by atoms with E-state index in [9.17, 15) is 9.59 Å². The van der Waals surface area contributed by atoms with Crippen LogP contribution in [0.25, 0.3) is 0 Å². The molecule has 0 saturated carbocycles. The molecule has 1 aromatic heterocycles. The molecular weight excluding hydrogens is 396 g/mol. The van der Waals surface area contributed by atoms with Gasteiger partial charge in [0.1, 0.15) is 5.01 Å². The summed E-state index contributed by atoms with van der Waals surface area (Å²) in [4.78, 5) is 24.2. The number of para-hydroxylation sites is 1. The van der Waals surface area contributed by atoms with Crippen molar-refractivity contribution in [3.05, 3.63) is 75.2 Å². The van der Waals surface area contributed by atoms with E-state index in [2.05, 4.69) is 20.8 Å². The Balaban J connectivity index is 1.41. The highest BCUT2D eigenvalue weighted by Gasteiger charge is 2.13. The van der Waals surface area contributed by atoms with Crippen molar-refractivity contribution in [1.82, 2.24) is 15.5 Å². The van der Waals surface area contributed by atoms with E-state index in [1.165, 1.54) is 11.3 Å². The Morgan fingerprint density at radius 3 is 2.54 bits per heavy atom. The average Bonchev–Trinajstić information content (AvgIpc) is 3.17. The van der Waals surface area contributed by atoms with Crippen molar-refractivity contribution in [2.45, 2.75) is 25.8 Å². The zero-order valence-corrected chi connectivity index (χ0v) is 16.6. The fourth-order valence-corrected chi connectivity index (χ4v) is 3.46. The fourth-order valence-electron chi connectivity index (χ4n) is 2.48. The molecule has 3 rings (SSSR count). The largest absolute Gasteiger partial charge is 0.352 e. The second kappa shape index (κ2) is 9.96. The van der Waals surface area contributed by atoms with Crippen molar-refractivity contribution in [2.75, 3.05) is 5.32 Å². The third-order valence-corrected chi connectivity index (χ3v) is 5.27. The number of halogens is 1. The molecule has 0 radical (unpaired) electrons. The van der Waals surface area contributed by atoms with Crippen LogP contribution in [0.4, 0.5) is 5.69 Å². The summed E-state index contributed by atoms with van der Waals surface area (Å²) in [5.41, 5.74) is 1.59. The first-order valence-electron chi connectivity index (χ1n) is 8.80. The number of hydrogen-bond donors (Lipinski definition) is 2. The minimum absolute atomic E-state index is 0.0496. The Morgan fingerprint density at radius 2 is 1.75 bits per heavy atom. The van der Waals surface area contributed by atoms with Gasteiger partial charge in [0.05, 0.1) is 0 Å². The lowest BCUT2D eigenvalue weighted by Crippen LogP contribution is -2.22. The lowest BCUT2D eigenvalue weighted by atomic mass is 10.2. The maximum Gasteiger partial charge on any atom is 0.286 e. The van der Waals surface area contributed by atoms with Gasteiger partial charge in [0, 0.05) is 30.1 Å². The fraction of sp³-hybridized carbons (Fsp3) is 0.200. The van der Waals surface area contributed by atoms with Crippen LogP contribution in [-0.4, -0.2) is 22.0 Å². The summed E-state index contributed by atoms with van der Waals surface area (Å²) < 4.78 is 0. The van der Waals surface area contributed by atoms with Crippen molar-refractivity contribution >= 4 is 40.4 Å². The van der Waals surface area contributed by atoms with Crippen molar-refractivity contribution in [3.8, 4) is 0 Å². The average molecular weight is 415 g/mol. The molecule has 0 unspecified atom stereocenters. The monoisotopic (exact) mass is 414 g/mol. The summed E-state index contributed by atoms with van der Waals surface area (Å²) in [5.74, 6) is -0.334. The molecule has 1 heterocycles. The summed E-state index contributed by atoms with van der Waals surface area (Å²) >= 11 is 7.31. The molecule has 0 bridgehead atoms. The minimum Gasteiger partial charge on any atom is -0.352 e. The van der Waals surface area contributed by atoms with Crippen LogP contribution in [0.1, 0.15) is 33.2 Å². The van der Waals surface area contributed by atoms with E-state index in [-0.39, 0.29) is 11.8 Å². The van der Waals surface area contributed by atoms with Gasteiger partial charge in [-0.2, -0.15) is 0 Å². The molecule has 3 aromatic rings. The van der Waals surface area contributed by atoms with Gasteiger partial charge < -0.3 is 10.6 Å². The molecule has 0 aliphatic rings. The van der Waals surface area contributed by atoms with Crippen molar-refractivity contribution in [1.29, 1.82) is 0 Å². The quantitative estimate of drug-likeness (QED) is 0.581. The predicted octanol–water partition coefficient (Wildman–Crippen LogP) is 4.08. The van der Waals surface area contributed by atoms with Gasteiger partial charge in [-0.25, -0.2) is 0 Å². The van der Waals surface area contributed by atoms with E-state index in [4.69, 9.17) is 11.6 Å². The molecule has 0 atom stereocenters. The van der Waals surface area contributed by atoms with Crippen LogP contribution in [0, 0.1) is 0 Å². The minimum atomic E-state index is -0.285. The molecule has 144 valence electrons. The van der Waals surface area contributed by atoms with Gasteiger partial charge in [-0.1, -0.05) is 59.3 Å². The number of aromatic nitrogens is 2. The van der Waals surface area contributed by atoms with Gasteiger partial charge in [0.2, 0.25) is 10.9 Å². The number of rotatable bonds is 8. The number of hydrogen-bond acceptors (Lipinski definition) is 5. The molecule has 0 aliphatic heterocycles. The van der Waals surface area contributed by atoms with Crippen LogP contribution in [0.15, 0.2) is 54.6 Å². The van der Waals surface area contributed by atoms with E-state index in [1.54, 1.807) is 18.2 Å². The SMILES string of the molecule is O=C(CCCc1nnc(C(=O)Nc2ccccc2)s1)NCc1ccccc1Cl. The second-order valence-corrected chi connectivity index (χ2v) is 7.51. The number of benzene rings is 2. The van der Waals surface area contributed by atoms with Crippen LogP contribution in [0.5, 0.6) is 0 Å². The first kappa shape index (κ1) is 20.0. The normalized spacial score (nSPS) is 10.5. The van der Waals surface area contributed by atoms with Crippen LogP contribution in [-0.2, 0) is 17.8 Å². The standard InChI is InChI=1S/C20H19ClN4O2S/c21-16-10-5-4-7-14(16)13-22-17(26)11-6-12-18-24-25-20(28-18)19(27)23-15-8-2-1-3-9-15/h1-5,7-10H,6,11-13H2,(H,22,26)(H,23,27). The van der Waals surface area contributed by atoms with Gasteiger partial charge in [0.25, 0.3) is 5.91 Å². The predicted molar refractivity (Wildman–Crippen MR) is 111 cm³/mol. The molecule has 2 aromatic carbocycles. The summed E-state index contributed by atoms with van der Waals surface area (Å²) in [7, 11) is 0. The number of carbonyl (C=O) groups excluding carboxylic acids is 2. The number of anilines is 1. The third kappa shape index (κ3) is 5.87. The smallest absolute Gasteiger partial charge is 0.286 e. The van der Waals surface area contributed by atoms with Gasteiger partial charge >= 0.3 is 0 Å². The van der Waals surface area contributed by atoms with E-state index in [0.29, 0.717) is 41.5 Å². The highest BCUT2D eigenvalue weighted by molar-refractivity contribution is 7.13. The summed E-state index contributed by atoms with van der Waals surface area (Å²) in [6, 6.07) is 16.6. The molecule has 0 spiro atoms. The molecule has 0 saturated heterocycles. The van der Waals surface area contributed by atoms with E-state index in [1.807, 2.05) is 36.4 Å². The first-order chi connectivity index (χ1) is 13.6. The van der Waals surface area contributed by atoms with Gasteiger partial charge in [-0.3, -0.25) is 9.59 Å². The topological polar surface area (TPSA) is 84.0 Å². The van der Waals surface area contributed by atoms with Crippen LogP contribution in [0.2, 0.25) is 5.02 Å². The number of aryl methyl sites for hydroxylation is 1. The molecule has 0 aliphatic carbocycles. The Hall–Kier alpha value is -2.77. The van der Waals surface area contributed by atoms with Crippen molar-refractivity contribution in [3.63, 3.8) is 0 Å². The van der Waals surface area contributed by atoms with Crippen molar-refractivity contribution in [2.24, 2.45) is 0 Å². The van der Waals surface area contributed by atoms with Crippen molar-refractivity contribution < 1.29 is 9.59 Å². The number of nitrogens with one attached hydrogen (secondary N) is 2. The Labute approximate surface area is 172 Å². The number of amides is 2. The van der Waals surface area contributed by atoms with Crippen LogP contribution in [0.3, 0.4) is 0 Å². The van der Waals surface area contributed by atoms with Crippen LogP contribution >= 0.6 is 22.9 Å². The Morgan fingerprint density at radius 1 is 1.00 bits per heavy atom. The molecule has 2 amide bonds. The summed E-state index contributed by atoms with van der Waals surface area (Å²) in [6.07, 6.45) is 1.59. The number of carbonyl (C=O) groups is 2. The highest BCUT2D eigenvalue weighted by Crippen LogP contribution is 2.16. The zero-order valence-electron chi connectivity index (χ0n) is 15.0. The van der Waals surface area contributed by atoms with E-state index in [0.717, 1.165) is 10.6 Å². The molecular formula is C20H19ClN4O2S. The Kier molecular flexibility index (Phi) is 7.11. The molecule has 8 heteroatoms. The van der Waals surface area contributed by atoms with Gasteiger partial charge in [0.15, 0.2) is 0 Å². The summed E-state index contributed by atoms with van der Waals surface area (Å²) in [5, 5.41) is 15.3. The molecule has 0 fully saturated rings. The zero-order chi connectivity index (χ0) is 19.8. The molecule has 28 heavy (non-hydrogen) atoms. The van der Waals surface area contributed by atoms with Crippen LogP contribution < -0.4 is 10.6 Å². The molecule has 6 nitrogen and oxygen atoms in total. The highest BCUT2D eigenvalue weighted by atomic mass is 35.5. The molecule has 2 N–H and O–H groups in total. The maximum atomic E-state index is 12.2. The third-order valence-electron chi connectivity index (χ3n) is 3.92. The van der Waals surface area contributed by atoms with Gasteiger partial charge in [-0.15, -0.1) is 10.2 Å². The summed E-state index contributed by atoms with van der Waals surface area (Å²) in [6.45, 7) is 0.404. The Bertz CT molecular complexity index is 946.